The van der Waals surface area contributed by atoms with Gasteiger partial charge in [0.2, 0.25) is 0 Å². The summed E-state index contributed by atoms with van der Waals surface area (Å²) in [5.74, 6) is 0. The van der Waals surface area contributed by atoms with Gasteiger partial charge < -0.3 is 5.32 Å². The van der Waals surface area contributed by atoms with Gasteiger partial charge in [0.25, 0.3) is 0 Å². The van der Waals surface area contributed by atoms with Crippen LogP contribution in [-0.4, -0.2) is 15.9 Å². The van der Waals surface area contributed by atoms with Crippen molar-refractivity contribution in [2.75, 3.05) is 0 Å². The number of hydrogen-bond acceptors (Lipinski definition) is 3. The molecular formula is C9H15ClN2S. The monoisotopic (exact) mass is 218 g/mol. The molecule has 1 heterocycles. The Morgan fingerprint density at radius 2 is 2.38 bits per heavy atom. The van der Waals surface area contributed by atoms with E-state index in [1.54, 1.807) is 11.3 Å². The Morgan fingerprint density at radius 1 is 1.69 bits per heavy atom. The van der Waals surface area contributed by atoms with Crippen LogP contribution >= 0.6 is 22.9 Å². The van der Waals surface area contributed by atoms with Crippen LogP contribution in [0.1, 0.15) is 25.6 Å². The van der Waals surface area contributed by atoms with Gasteiger partial charge in [0.15, 0.2) is 0 Å². The van der Waals surface area contributed by atoms with Crippen LogP contribution in [0.15, 0.2) is 11.7 Å². The van der Waals surface area contributed by atoms with Gasteiger partial charge in [0.1, 0.15) is 0 Å². The molecule has 0 fully saturated rings. The minimum atomic E-state index is -0.0362. The topological polar surface area (TPSA) is 24.9 Å². The molecule has 74 valence electrons. The van der Waals surface area contributed by atoms with Crippen molar-refractivity contribution in [2.24, 2.45) is 0 Å². The molecule has 0 aliphatic carbocycles. The predicted molar refractivity (Wildman–Crippen MR) is 58.3 cm³/mol. The van der Waals surface area contributed by atoms with Crippen LogP contribution < -0.4 is 5.32 Å². The highest BCUT2D eigenvalue weighted by atomic mass is 35.5. The summed E-state index contributed by atoms with van der Waals surface area (Å²) in [6.45, 7) is 7.05. The predicted octanol–water partition coefficient (Wildman–Crippen LogP) is 2.64. The number of hydrogen-bond donors (Lipinski definition) is 1. The number of nitrogens with zero attached hydrogens (tertiary/aromatic N) is 1. The molecule has 1 N–H and O–H groups in total. The summed E-state index contributed by atoms with van der Waals surface area (Å²) in [5.41, 5.74) is 1.81. The summed E-state index contributed by atoms with van der Waals surface area (Å²) in [6.07, 6.45) is 1.88. The zero-order valence-corrected chi connectivity index (χ0v) is 9.75. The van der Waals surface area contributed by atoms with Gasteiger partial charge in [0, 0.05) is 28.5 Å². The molecule has 4 heteroatoms. The van der Waals surface area contributed by atoms with E-state index < -0.39 is 0 Å². The highest BCUT2D eigenvalue weighted by Gasteiger charge is 2.22. The van der Waals surface area contributed by atoms with Gasteiger partial charge in [-0.3, -0.25) is 4.98 Å². The van der Waals surface area contributed by atoms with Gasteiger partial charge in [-0.15, -0.1) is 22.9 Å². The molecule has 1 unspecified atom stereocenters. The van der Waals surface area contributed by atoms with Gasteiger partial charge in [-0.1, -0.05) is 0 Å². The van der Waals surface area contributed by atoms with E-state index in [2.05, 4.69) is 24.1 Å². The van der Waals surface area contributed by atoms with Gasteiger partial charge >= 0.3 is 0 Å². The third kappa shape index (κ3) is 3.25. The molecule has 0 saturated heterocycles. The van der Waals surface area contributed by atoms with Crippen LogP contribution in [0.4, 0.5) is 0 Å². The number of rotatable bonds is 4. The van der Waals surface area contributed by atoms with Gasteiger partial charge in [-0.05, 0) is 20.8 Å². The van der Waals surface area contributed by atoms with E-state index in [4.69, 9.17) is 11.6 Å². The maximum Gasteiger partial charge on any atom is 0.0794 e. The second-order valence-electron chi connectivity index (χ2n) is 3.66. The van der Waals surface area contributed by atoms with Crippen LogP contribution in [0.2, 0.25) is 0 Å². The first-order valence-corrected chi connectivity index (χ1v) is 5.60. The van der Waals surface area contributed by atoms with Crippen molar-refractivity contribution < 1.29 is 0 Å². The van der Waals surface area contributed by atoms with E-state index in [-0.39, 0.29) is 10.9 Å². The molecule has 1 aromatic rings. The first-order valence-electron chi connectivity index (χ1n) is 4.29. The first kappa shape index (κ1) is 11.0. The molecule has 0 aliphatic rings. The molecule has 0 radical (unpaired) electrons. The molecule has 0 aromatic carbocycles. The summed E-state index contributed by atoms with van der Waals surface area (Å²) in [7, 11) is 0. The van der Waals surface area contributed by atoms with E-state index >= 15 is 0 Å². The van der Waals surface area contributed by atoms with Crippen molar-refractivity contribution in [1.29, 1.82) is 0 Å². The summed E-state index contributed by atoms with van der Waals surface area (Å²) >= 11 is 7.69. The van der Waals surface area contributed by atoms with E-state index in [0.29, 0.717) is 0 Å². The van der Waals surface area contributed by atoms with Crippen LogP contribution in [0.25, 0.3) is 0 Å². The SMILES string of the molecule is CC(Cl)C(C)(C)NCc1cncs1. The van der Waals surface area contributed by atoms with Gasteiger partial charge in [0.05, 0.1) is 5.51 Å². The number of nitrogens with one attached hydrogen (secondary N) is 1. The Bertz CT molecular complexity index is 244. The van der Waals surface area contributed by atoms with E-state index in [0.717, 1.165) is 6.54 Å². The standard InChI is InChI=1S/C9H15ClN2S/c1-7(10)9(2,3)12-5-8-4-11-6-13-8/h4,6-7,12H,5H2,1-3H3. The van der Waals surface area contributed by atoms with E-state index in [1.165, 1.54) is 4.88 Å². The second-order valence-corrected chi connectivity index (χ2v) is 5.28. The molecule has 1 rings (SSSR count). The Hall–Kier alpha value is -0.120. The maximum absolute atomic E-state index is 6.03. The molecule has 1 atom stereocenters. The smallest absolute Gasteiger partial charge is 0.0794 e. The highest BCUT2D eigenvalue weighted by Crippen LogP contribution is 2.16. The molecule has 0 saturated carbocycles. The lowest BCUT2D eigenvalue weighted by Crippen LogP contribution is -2.45. The number of alkyl halides is 1. The molecular weight excluding hydrogens is 204 g/mol. The molecule has 0 spiro atoms. The van der Waals surface area contributed by atoms with Crippen LogP contribution in [0.3, 0.4) is 0 Å². The molecule has 0 amide bonds. The first-order chi connectivity index (χ1) is 6.02. The minimum Gasteiger partial charge on any atom is -0.305 e. The Balaban J connectivity index is 2.42. The Morgan fingerprint density at radius 3 is 2.85 bits per heavy atom. The summed E-state index contributed by atoms with van der Waals surface area (Å²) in [5, 5.41) is 3.51. The lowest BCUT2D eigenvalue weighted by Gasteiger charge is -2.28. The summed E-state index contributed by atoms with van der Waals surface area (Å²) < 4.78 is 0. The molecule has 1 aromatic heterocycles. The van der Waals surface area contributed by atoms with Crippen molar-refractivity contribution in [3.63, 3.8) is 0 Å². The molecule has 13 heavy (non-hydrogen) atoms. The van der Waals surface area contributed by atoms with Crippen LogP contribution in [0.5, 0.6) is 0 Å². The van der Waals surface area contributed by atoms with Crippen LogP contribution in [-0.2, 0) is 6.54 Å². The number of thiazole rings is 1. The van der Waals surface area contributed by atoms with E-state index in [9.17, 15) is 0 Å². The van der Waals surface area contributed by atoms with Crippen LogP contribution in [0, 0.1) is 0 Å². The average Bonchev–Trinajstić information content (AvgIpc) is 2.52. The van der Waals surface area contributed by atoms with Crippen molar-refractivity contribution in [2.45, 2.75) is 38.2 Å². The third-order valence-electron chi connectivity index (χ3n) is 2.20. The number of aromatic nitrogens is 1. The average molecular weight is 219 g/mol. The van der Waals surface area contributed by atoms with E-state index in [1.807, 2.05) is 18.6 Å². The fraction of sp³-hybridized carbons (Fsp3) is 0.667. The Kier molecular flexibility index (Phi) is 3.71. The van der Waals surface area contributed by atoms with Gasteiger partial charge in [-0.2, -0.15) is 0 Å². The Labute approximate surface area is 88.3 Å². The third-order valence-corrected chi connectivity index (χ3v) is 3.52. The van der Waals surface area contributed by atoms with Crippen molar-refractivity contribution in [1.82, 2.24) is 10.3 Å². The largest absolute Gasteiger partial charge is 0.305 e. The maximum atomic E-state index is 6.03. The van der Waals surface area contributed by atoms with Crippen molar-refractivity contribution in [3.05, 3.63) is 16.6 Å². The summed E-state index contributed by atoms with van der Waals surface area (Å²) in [6, 6.07) is 0. The zero-order chi connectivity index (χ0) is 9.90. The normalized spacial score (nSPS) is 14.5. The lowest BCUT2D eigenvalue weighted by molar-refractivity contribution is 0.381. The summed E-state index contributed by atoms with van der Waals surface area (Å²) in [4.78, 5) is 5.25. The highest BCUT2D eigenvalue weighted by molar-refractivity contribution is 7.09. The second kappa shape index (κ2) is 4.40. The van der Waals surface area contributed by atoms with Gasteiger partial charge in [-0.25, -0.2) is 0 Å². The van der Waals surface area contributed by atoms with Crippen molar-refractivity contribution >= 4 is 22.9 Å². The molecule has 2 nitrogen and oxygen atoms in total. The lowest BCUT2D eigenvalue weighted by atomic mass is 10.0. The number of halogens is 1. The fourth-order valence-electron chi connectivity index (χ4n) is 0.785. The van der Waals surface area contributed by atoms with Crippen molar-refractivity contribution in [3.8, 4) is 0 Å². The zero-order valence-electron chi connectivity index (χ0n) is 8.17. The molecule has 0 aliphatic heterocycles. The molecule has 0 bridgehead atoms. The minimum absolute atomic E-state index is 0.0362. The quantitative estimate of drug-likeness (QED) is 0.787. The fourth-order valence-corrected chi connectivity index (χ4v) is 1.40.